The third-order valence-corrected chi connectivity index (χ3v) is 5.25. The minimum absolute atomic E-state index is 0.396. The molecule has 0 aliphatic rings. The van der Waals surface area contributed by atoms with Gasteiger partial charge in [0.25, 0.3) is 0 Å². The molecule has 0 fully saturated rings. The summed E-state index contributed by atoms with van der Waals surface area (Å²) in [5.41, 5.74) is 1.14. The molecule has 0 aromatic carbocycles. The number of hydrogen-bond acceptors (Lipinski definition) is 4. The van der Waals surface area contributed by atoms with Crippen molar-refractivity contribution < 1.29 is 0 Å². The smallest absolute Gasteiger partial charge is 0.0463 e. The minimum atomic E-state index is 0.396. The highest BCUT2D eigenvalue weighted by atomic mass is 32.1. The second-order valence-corrected chi connectivity index (χ2v) is 6.89. The van der Waals surface area contributed by atoms with E-state index >= 15 is 0 Å². The lowest BCUT2D eigenvalue weighted by molar-refractivity contribution is 0.542. The van der Waals surface area contributed by atoms with Crippen LogP contribution in [0.2, 0.25) is 0 Å². The van der Waals surface area contributed by atoms with Gasteiger partial charge in [-0.05, 0) is 35.0 Å². The largest absolute Gasteiger partial charge is 0.309 e. The van der Waals surface area contributed by atoms with Gasteiger partial charge in [0.2, 0.25) is 0 Å². The number of nitrogens with one attached hydrogen (secondary N) is 1. The molecule has 3 heterocycles. The fourth-order valence-electron chi connectivity index (χ4n) is 2.31. The summed E-state index contributed by atoms with van der Waals surface area (Å²) in [6, 6.07) is 15.2. The van der Waals surface area contributed by atoms with Crippen molar-refractivity contribution in [2.24, 2.45) is 0 Å². The lowest BCUT2D eigenvalue weighted by Gasteiger charge is -2.16. The first-order valence-electron chi connectivity index (χ1n) is 7.11. The summed E-state index contributed by atoms with van der Waals surface area (Å²) in [6.07, 6.45) is 3.88. The molecule has 3 rings (SSSR count). The van der Waals surface area contributed by atoms with Crippen LogP contribution >= 0.6 is 22.7 Å². The van der Waals surface area contributed by atoms with Crippen LogP contribution in [-0.2, 0) is 12.8 Å². The Morgan fingerprint density at radius 3 is 2.62 bits per heavy atom. The van der Waals surface area contributed by atoms with Gasteiger partial charge >= 0.3 is 0 Å². The van der Waals surface area contributed by atoms with E-state index in [-0.39, 0.29) is 0 Å². The highest BCUT2D eigenvalue weighted by Gasteiger charge is 2.13. The van der Waals surface area contributed by atoms with Crippen LogP contribution < -0.4 is 5.32 Å². The lowest BCUT2D eigenvalue weighted by atomic mass is 10.1. The Hall–Kier alpha value is -1.49. The summed E-state index contributed by atoms with van der Waals surface area (Å²) in [5, 5.41) is 7.98. The molecule has 1 unspecified atom stereocenters. The standard InChI is InChI=1S/C17H18N2S2/c1-2-9-18-14(5-1)8-10-19-16(17-7-4-12-21-17)13-15-6-3-11-20-15/h1-7,9,11-12,16,19H,8,10,13H2. The molecule has 0 saturated heterocycles. The number of aromatic nitrogens is 1. The summed E-state index contributed by atoms with van der Waals surface area (Å²) in [4.78, 5) is 7.21. The summed E-state index contributed by atoms with van der Waals surface area (Å²) in [7, 11) is 0. The molecule has 0 aliphatic carbocycles. The zero-order valence-electron chi connectivity index (χ0n) is 11.7. The van der Waals surface area contributed by atoms with E-state index in [0.29, 0.717) is 6.04 Å². The molecule has 4 heteroatoms. The van der Waals surface area contributed by atoms with Gasteiger partial charge < -0.3 is 5.32 Å². The van der Waals surface area contributed by atoms with Crippen LogP contribution in [0, 0.1) is 0 Å². The van der Waals surface area contributed by atoms with Gasteiger partial charge in [0.1, 0.15) is 0 Å². The molecule has 0 aliphatic heterocycles. The summed E-state index contributed by atoms with van der Waals surface area (Å²) in [5.74, 6) is 0. The van der Waals surface area contributed by atoms with Gasteiger partial charge in [0, 0.05) is 47.1 Å². The molecule has 0 spiro atoms. The molecule has 21 heavy (non-hydrogen) atoms. The highest BCUT2D eigenvalue weighted by molar-refractivity contribution is 7.10. The zero-order valence-corrected chi connectivity index (χ0v) is 13.4. The summed E-state index contributed by atoms with van der Waals surface area (Å²) in [6.45, 7) is 0.949. The summed E-state index contributed by atoms with van der Waals surface area (Å²) < 4.78 is 0. The molecule has 3 aromatic heterocycles. The van der Waals surface area contributed by atoms with E-state index in [1.807, 2.05) is 41.0 Å². The maximum atomic E-state index is 4.38. The monoisotopic (exact) mass is 314 g/mol. The first kappa shape index (κ1) is 14.4. The Morgan fingerprint density at radius 1 is 1.00 bits per heavy atom. The Morgan fingerprint density at radius 2 is 1.90 bits per heavy atom. The number of thiophene rings is 2. The molecule has 108 valence electrons. The average Bonchev–Trinajstić information content (AvgIpc) is 3.21. The number of rotatable bonds is 7. The van der Waals surface area contributed by atoms with Gasteiger partial charge in [-0.25, -0.2) is 0 Å². The first-order chi connectivity index (χ1) is 10.4. The average molecular weight is 314 g/mol. The molecule has 3 aromatic rings. The quantitative estimate of drug-likeness (QED) is 0.702. The first-order valence-corrected chi connectivity index (χ1v) is 8.87. The van der Waals surface area contributed by atoms with Crippen LogP contribution in [0.4, 0.5) is 0 Å². The zero-order chi connectivity index (χ0) is 14.3. The molecule has 0 radical (unpaired) electrons. The van der Waals surface area contributed by atoms with Gasteiger partial charge in [-0.15, -0.1) is 22.7 Å². The van der Waals surface area contributed by atoms with Crippen molar-refractivity contribution in [1.29, 1.82) is 0 Å². The maximum absolute atomic E-state index is 4.38. The van der Waals surface area contributed by atoms with E-state index in [9.17, 15) is 0 Å². The van der Waals surface area contributed by atoms with E-state index in [1.54, 1.807) is 0 Å². The second-order valence-electron chi connectivity index (χ2n) is 4.88. The number of pyridine rings is 1. The van der Waals surface area contributed by atoms with E-state index in [0.717, 1.165) is 25.1 Å². The van der Waals surface area contributed by atoms with Crippen molar-refractivity contribution >= 4 is 22.7 Å². The Labute approximate surface area is 133 Å². The molecule has 2 nitrogen and oxygen atoms in total. The van der Waals surface area contributed by atoms with Gasteiger partial charge in [-0.3, -0.25) is 4.98 Å². The van der Waals surface area contributed by atoms with Crippen molar-refractivity contribution in [2.45, 2.75) is 18.9 Å². The van der Waals surface area contributed by atoms with Crippen LogP contribution in [0.15, 0.2) is 59.4 Å². The molecule has 0 amide bonds. The molecule has 1 N–H and O–H groups in total. The van der Waals surface area contributed by atoms with Gasteiger partial charge in [-0.1, -0.05) is 18.2 Å². The molecule has 0 bridgehead atoms. The number of nitrogens with zero attached hydrogens (tertiary/aromatic N) is 1. The Kier molecular flexibility index (Phi) is 5.16. The van der Waals surface area contributed by atoms with Crippen LogP contribution in [0.1, 0.15) is 21.5 Å². The van der Waals surface area contributed by atoms with Crippen molar-refractivity contribution in [3.63, 3.8) is 0 Å². The van der Waals surface area contributed by atoms with Crippen molar-refractivity contribution in [2.75, 3.05) is 6.54 Å². The van der Waals surface area contributed by atoms with Crippen LogP contribution in [0.5, 0.6) is 0 Å². The van der Waals surface area contributed by atoms with Crippen LogP contribution in [0.3, 0.4) is 0 Å². The Balaban J connectivity index is 1.60. The highest BCUT2D eigenvalue weighted by Crippen LogP contribution is 2.24. The van der Waals surface area contributed by atoms with Crippen molar-refractivity contribution in [3.05, 3.63) is 74.9 Å². The summed E-state index contributed by atoms with van der Waals surface area (Å²) >= 11 is 3.66. The normalized spacial score (nSPS) is 12.4. The van der Waals surface area contributed by atoms with Crippen LogP contribution in [-0.4, -0.2) is 11.5 Å². The third kappa shape index (κ3) is 4.24. The predicted octanol–water partition coefficient (Wildman–Crippen LogP) is 4.32. The Bertz CT molecular complexity index is 618. The fourth-order valence-corrected chi connectivity index (χ4v) is 3.87. The van der Waals surface area contributed by atoms with E-state index in [1.165, 1.54) is 9.75 Å². The number of hydrogen-bond donors (Lipinski definition) is 1. The van der Waals surface area contributed by atoms with Gasteiger partial charge in [0.15, 0.2) is 0 Å². The van der Waals surface area contributed by atoms with Gasteiger partial charge in [0.05, 0.1) is 0 Å². The minimum Gasteiger partial charge on any atom is -0.309 e. The fraction of sp³-hybridized carbons (Fsp3) is 0.235. The second kappa shape index (κ2) is 7.50. The maximum Gasteiger partial charge on any atom is 0.0463 e. The van der Waals surface area contributed by atoms with E-state index < -0.39 is 0 Å². The lowest BCUT2D eigenvalue weighted by Crippen LogP contribution is -2.24. The van der Waals surface area contributed by atoms with Crippen molar-refractivity contribution in [3.8, 4) is 0 Å². The molecule has 1 atom stereocenters. The molecular formula is C17H18N2S2. The molecule has 0 saturated carbocycles. The predicted molar refractivity (Wildman–Crippen MR) is 91.0 cm³/mol. The van der Waals surface area contributed by atoms with Crippen LogP contribution in [0.25, 0.3) is 0 Å². The SMILES string of the molecule is c1ccc(CCNC(Cc2cccs2)c2cccs2)nc1. The topological polar surface area (TPSA) is 24.9 Å². The van der Waals surface area contributed by atoms with Gasteiger partial charge in [-0.2, -0.15) is 0 Å². The molecular weight excluding hydrogens is 296 g/mol. The van der Waals surface area contributed by atoms with Crippen molar-refractivity contribution in [1.82, 2.24) is 10.3 Å². The third-order valence-electron chi connectivity index (χ3n) is 3.37. The van der Waals surface area contributed by atoms with E-state index in [4.69, 9.17) is 0 Å². The van der Waals surface area contributed by atoms with E-state index in [2.05, 4.69) is 51.4 Å².